The van der Waals surface area contributed by atoms with E-state index in [9.17, 15) is 9.59 Å². The number of amides is 1. The number of carbonyl (C=O) groups is 2. The van der Waals surface area contributed by atoms with E-state index in [-0.39, 0.29) is 5.91 Å². The summed E-state index contributed by atoms with van der Waals surface area (Å²) >= 11 is 0. The maximum Gasteiger partial charge on any atom is 0.307 e. The van der Waals surface area contributed by atoms with Gasteiger partial charge in [0.15, 0.2) is 0 Å². The molecule has 5 nitrogen and oxygen atoms in total. The van der Waals surface area contributed by atoms with Crippen molar-refractivity contribution in [2.75, 3.05) is 23.8 Å². The molecule has 112 valence electrons. The number of hydrogen-bond donors (Lipinski definition) is 2. The Hall–Kier alpha value is -2.04. The molecule has 2 N–H and O–H groups in total. The molecule has 1 aromatic carbocycles. The molecular weight excluding hydrogens is 268 g/mol. The maximum atomic E-state index is 12.3. The molecule has 0 aromatic heterocycles. The van der Waals surface area contributed by atoms with Crippen LogP contribution in [0.25, 0.3) is 0 Å². The van der Waals surface area contributed by atoms with Gasteiger partial charge in [-0.05, 0) is 29.5 Å². The van der Waals surface area contributed by atoms with E-state index in [1.807, 2.05) is 39.1 Å². The van der Waals surface area contributed by atoms with Gasteiger partial charge >= 0.3 is 5.97 Å². The molecular formula is C16H20N2O3. The van der Waals surface area contributed by atoms with E-state index < -0.39 is 23.2 Å². The van der Waals surface area contributed by atoms with E-state index in [4.69, 9.17) is 5.11 Å². The molecule has 1 aliphatic carbocycles. The topological polar surface area (TPSA) is 69.6 Å². The van der Waals surface area contributed by atoms with E-state index in [0.29, 0.717) is 0 Å². The van der Waals surface area contributed by atoms with Crippen LogP contribution in [0.15, 0.2) is 18.2 Å². The minimum absolute atomic E-state index is 0.201. The molecule has 0 unspecified atom stereocenters. The summed E-state index contributed by atoms with van der Waals surface area (Å²) in [5.41, 5.74) is 2.69. The minimum atomic E-state index is -0.895. The minimum Gasteiger partial charge on any atom is -0.481 e. The van der Waals surface area contributed by atoms with Crippen molar-refractivity contribution in [2.24, 2.45) is 17.3 Å². The Morgan fingerprint density at radius 3 is 2.67 bits per heavy atom. The predicted octanol–water partition coefficient (Wildman–Crippen LogP) is 1.97. The number of nitrogens with zero attached hydrogens (tertiary/aromatic N) is 1. The van der Waals surface area contributed by atoms with Gasteiger partial charge in [0.05, 0.1) is 11.8 Å². The molecule has 0 bridgehead atoms. The second kappa shape index (κ2) is 4.48. The van der Waals surface area contributed by atoms with Crippen LogP contribution in [0, 0.1) is 17.3 Å². The van der Waals surface area contributed by atoms with Gasteiger partial charge in [-0.1, -0.05) is 19.9 Å². The van der Waals surface area contributed by atoms with Gasteiger partial charge in [0.2, 0.25) is 5.91 Å². The van der Waals surface area contributed by atoms with Crippen molar-refractivity contribution in [1.29, 1.82) is 0 Å². The summed E-state index contributed by atoms with van der Waals surface area (Å²) in [6.07, 6.45) is 1.02. The fourth-order valence-corrected chi connectivity index (χ4v) is 3.42. The highest BCUT2D eigenvalue weighted by Gasteiger charge is 2.65. The summed E-state index contributed by atoms with van der Waals surface area (Å²) < 4.78 is 0. The Morgan fingerprint density at radius 2 is 2.05 bits per heavy atom. The summed E-state index contributed by atoms with van der Waals surface area (Å²) in [7, 11) is 2.03. The van der Waals surface area contributed by atoms with E-state index in [1.54, 1.807) is 0 Å². The average molecular weight is 288 g/mol. The SMILES string of the molecule is CN1CCc2ccc(NC(=O)[C@@H]3[C@H](C(=O)O)C3(C)C)cc21. The molecule has 3 rings (SSSR count). The molecule has 0 spiro atoms. The summed E-state index contributed by atoms with van der Waals surface area (Å²) in [6.45, 7) is 4.64. The smallest absolute Gasteiger partial charge is 0.307 e. The van der Waals surface area contributed by atoms with Crippen molar-refractivity contribution in [2.45, 2.75) is 20.3 Å². The van der Waals surface area contributed by atoms with Gasteiger partial charge < -0.3 is 15.3 Å². The van der Waals surface area contributed by atoms with Gasteiger partial charge in [0.25, 0.3) is 0 Å². The van der Waals surface area contributed by atoms with Crippen molar-refractivity contribution in [3.05, 3.63) is 23.8 Å². The van der Waals surface area contributed by atoms with Gasteiger partial charge in [0, 0.05) is 25.0 Å². The van der Waals surface area contributed by atoms with Crippen molar-refractivity contribution in [3.8, 4) is 0 Å². The van der Waals surface area contributed by atoms with Crippen LogP contribution in [0.5, 0.6) is 0 Å². The van der Waals surface area contributed by atoms with Crippen LogP contribution >= 0.6 is 0 Å². The van der Waals surface area contributed by atoms with Crippen LogP contribution in [-0.4, -0.2) is 30.6 Å². The van der Waals surface area contributed by atoms with Crippen LogP contribution in [0.2, 0.25) is 0 Å². The van der Waals surface area contributed by atoms with Gasteiger partial charge in [-0.3, -0.25) is 9.59 Å². The highest BCUT2D eigenvalue weighted by molar-refractivity contribution is 6.00. The third-order valence-electron chi connectivity index (χ3n) is 4.86. The Bertz CT molecular complexity index is 624. The highest BCUT2D eigenvalue weighted by Crippen LogP contribution is 2.58. The molecule has 5 heteroatoms. The van der Waals surface area contributed by atoms with Crippen molar-refractivity contribution in [3.63, 3.8) is 0 Å². The lowest BCUT2D eigenvalue weighted by molar-refractivity contribution is -0.140. The van der Waals surface area contributed by atoms with Crippen LogP contribution < -0.4 is 10.2 Å². The number of carboxylic acids is 1. The normalized spacial score (nSPS) is 25.4. The fourth-order valence-electron chi connectivity index (χ4n) is 3.42. The molecule has 2 atom stereocenters. The molecule has 1 amide bonds. The Kier molecular flexibility index (Phi) is 2.97. The molecule has 1 fully saturated rings. The molecule has 2 aliphatic rings. The zero-order valence-electron chi connectivity index (χ0n) is 12.5. The zero-order valence-corrected chi connectivity index (χ0v) is 12.5. The fraction of sp³-hybridized carbons (Fsp3) is 0.500. The number of carboxylic acid groups (broad SMARTS) is 1. The standard InChI is InChI=1S/C16H20N2O3/c1-16(2)12(13(16)15(20)21)14(19)17-10-5-4-9-6-7-18(3)11(9)8-10/h4-5,8,12-13H,6-7H2,1-3H3,(H,17,19)(H,20,21)/t12-,13+/m0/s1. The number of aliphatic carboxylic acids is 1. The molecule has 1 heterocycles. The Morgan fingerprint density at radius 1 is 1.33 bits per heavy atom. The number of nitrogens with one attached hydrogen (secondary N) is 1. The van der Waals surface area contributed by atoms with Gasteiger partial charge in [-0.2, -0.15) is 0 Å². The molecule has 1 aliphatic heterocycles. The van der Waals surface area contributed by atoms with Gasteiger partial charge in [-0.15, -0.1) is 0 Å². The van der Waals surface area contributed by atoms with Crippen LogP contribution in [0.3, 0.4) is 0 Å². The first-order valence-corrected chi connectivity index (χ1v) is 7.20. The second-order valence-corrected chi connectivity index (χ2v) is 6.62. The van der Waals surface area contributed by atoms with Crippen LogP contribution in [0.1, 0.15) is 19.4 Å². The van der Waals surface area contributed by atoms with E-state index in [1.165, 1.54) is 5.56 Å². The van der Waals surface area contributed by atoms with Crippen LogP contribution in [-0.2, 0) is 16.0 Å². The Labute approximate surface area is 123 Å². The first kappa shape index (κ1) is 13.9. The number of benzene rings is 1. The summed E-state index contributed by atoms with van der Waals surface area (Å²) in [4.78, 5) is 25.6. The monoisotopic (exact) mass is 288 g/mol. The third kappa shape index (κ3) is 2.17. The molecule has 1 aromatic rings. The average Bonchev–Trinajstić information content (AvgIpc) is 2.82. The maximum absolute atomic E-state index is 12.3. The number of likely N-dealkylation sites (N-methyl/N-ethyl adjacent to an activating group) is 1. The van der Waals surface area contributed by atoms with Gasteiger partial charge in [-0.25, -0.2) is 0 Å². The van der Waals surface area contributed by atoms with Crippen molar-refractivity contribution < 1.29 is 14.7 Å². The van der Waals surface area contributed by atoms with Crippen molar-refractivity contribution >= 4 is 23.3 Å². The number of hydrogen-bond acceptors (Lipinski definition) is 3. The molecule has 0 radical (unpaired) electrons. The summed E-state index contributed by atoms with van der Waals surface area (Å²) in [6, 6.07) is 5.88. The van der Waals surface area contributed by atoms with E-state index in [2.05, 4.69) is 10.2 Å². The third-order valence-corrected chi connectivity index (χ3v) is 4.86. The molecule has 0 saturated heterocycles. The molecule has 1 saturated carbocycles. The number of anilines is 2. The Balaban J connectivity index is 1.75. The van der Waals surface area contributed by atoms with Crippen LogP contribution in [0.4, 0.5) is 11.4 Å². The van der Waals surface area contributed by atoms with Gasteiger partial charge in [0.1, 0.15) is 0 Å². The summed E-state index contributed by atoms with van der Waals surface area (Å²) in [5, 5.41) is 12.0. The lowest BCUT2D eigenvalue weighted by Gasteiger charge is -2.13. The zero-order chi connectivity index (χ0) is 15.4. The quantitative estimate of drug-likeness (QED) is 0.892. The highest BCUT2D eigenvalue weighted by atomic mass is 16.4. The first-order valence-electron chi connectivity index (χ1n) is 7.20. The second-order valence-electron chi connectivity index (χ2n) is 6.62. The first-order chi connectivity index (χ1) is 9.82. The van der Waals surface area contributed by atoms with Crippen molar-refractivity contribution in [1.82, 2.24) is 0 Å². The van der Waals surface area contributed by atoms with E-state index >= 15 is 0 Å². The lowest BCUT2D eigenvalue weighted by Crippen LogP contribution is -2.18. The summed E-state index contributed by atoms with van der Waals surface area (Å²) in [5.74, 6) is -2.14. The number of carbonyl (C=O) groups excluding carboxylic acids is 1. The number of rotatable bonds is 3. The lowest BCUT2D eigenvalue weighted by atomic mass is 10.1. The largest absolute Gasteiger partial charge is 0.481 e. The predicted molar refractivity (Wildman–Crippen MR) is 80.4 cm³/mol. The number of fused-ring (bicyclic) bond motifs is 1. The van der Waals surface area contributed by atoms with E-state index in [0.717, 1.165) is 24.3 Å². The molecule has 21 heavy (non-hydrogen) atoms.